The molecule has 4 atom stereocenters. The van der Waals surface area contributed by atoms with Crippen LogP contribution in [0, 0.1) is 0 Å². The van der Waals surface area contributed by atoms with E-state index in [9.17, 15) is 22.8 Å². The fourth-order valence-corrected chi connectivity index (χ4v) is 3.49. The first-order chi connectivity index (χ1) is 14.8. The second kappa shape index (κ2) is 8.52. The molecule has 0 radical (unpaired) electrons. The van der Waals surface area contributed by atoms with E-state index in [0.29, 0.717) is 0 Å². The first-order valence-corrected chi connectivity index (χ1v) is 9.41. The number of amides is 2. The second-order valence-corrected chi connectivity index (χ2v) is 7.04. The molecule has 1 aromatic heterocycles. The van der Waals surface area contributed by atoms with Crippen molar-refractivity contribution in [2.75, 3.05) is 18.5 Å². The number of pyridine rings is 1. The van der Waals surface area contributed by atoms with Gasteiger partial charge in [0.05, 0.1) is 24.8 Å². The van der Waals surface area contributed by atoms with E-state index >= 15 is 0 Å². The molecule has 2 aromatic rings. The summed E-state index contributed by atoms with van der Waals surface area (Å²) in [7, 11) is 0. The molecule has 2 N–H and O–H groups in total. The number of hydrogen-bond donors (Lipinski definition) is 2. The molecule has 0 aliphatic carbocycles. The number of carbonyl (C=O) groups is 2. The Labute approximate surface area is 174 Å². The molecule has 4 rings (SSSR count). The minimum absolute atomic E-state index is 0.0291. The quantitative estimate of drug-likeness (QED) is 0.763. The van der Waals surface area contributed by atoms with Crippen molar-refractivity contribution in [3.05, 3.63) is 59.9 Å². The van der Waals surface area contributed by atoms with Crippen LogP contribution < -0.4 is 10.6 Å². The Morgan fingerprint density at radius 2 is 1.87 bits per heavy atom. The summed E-state index contributed by atoms with van der Waals surface area (Å²) in [6.07, 6.45) is -5.87. The van der Waals surface area contributed by atoms with Crippen LogP contribution in [0.2, 0.25) is 0 Å². The monoisotopic (exact) mass is 437 g/mol. The number of hydrogen-bond acceptors (Lipinski definition) is 6. The molecule has 8 nitrogen and oxygen atoms in total. The normalized spacial score (nSPS) is 25.0. The van der Waals surface area contributed by atoms with Crippen molar-refractivity contribution in [3.63, 3.8) is 0 Å². The fourth-order valence-electron chi connectivity index (χ4n) is 3.49. The van der Waals surface area contributed by atoms with Crippen LogP contribution in [0.1, 0.15) is 16.1 Å². The van der Waals surface area contributed by atoms with Gasteiger partial charge in [0, 0.05) is 11.9 Å². The molecule has 2 fully saturated rings. The van der Waals surface area contributed by atoms with Crippen molar-refractivity contribution in [2.45, 2.75) is 30.5 Å². The van der Waals surface area contributed by atoms with Gasteiger partial charge in [-0.3, -0.25) is 15.1 Å². The lowest BCUT2D eigenvalue weighted by molar-refractivity contribution is -0.137. The summed E-state index contributed by atoms with van der Waals surface area (Å²) in [6.45, 7) is 0.185. The lowest BCUT2D eigenvalue weighted by Crippen LogP contribution is -2.44. The Balaban J connectivity index is 1.32. The van der Waals surface area contributed by atoms with Gasteiger partial charge >= 0.3 is 12.3 Å². The van der Waals surface area contributed by atoms with E-state index in [2.05, 4.69) is 15.6 Å². The Hall–Kier alpha value is -3.18. The second-order valence-electron chi connectivity index (χ2n) is 7.04. The van der Waals surface area contributed by atoms with Gasteiger partial charge in [0.25, 0.3) is 5.91 Å². The summed E-state index contributed by atoms with van der Waals surface area (Å²) < 4.78 is 55.0. The number of carbonyl (C=O) groups excluding carboxylic acids is 2. The molecular weight excluding hydrogens is 419 g/mol. The smallest absolute Gasteiger partial charge is 0.416 e. The molecule has 164 valence electrons. The number of benzene rings is 1. The summed E-state index contributed by atoms with van der Waals surface area (Å²) in [5.74, 6) is -0.384. The largest absolute Gasteiger partial charge is 0.441 e. The lowest BCUT2D eigenvalue weighted by atomic mass is 10.1. The van der Waals surface area contributed by atoms with Gasteiger partial charge in [-0.05, 0) is 30.3 Å². The van der Waals surface area contributed by atoms with E-state index in [1.807, 2.05) is 0 Å². The molecule has 0 bridgehead atoms. The number of nitrogens with zero attached hydrogens (tertiary/aromatic N) is 1. The summed E-state index contributed by atoms with van der Waals surface area (Å²) in [5.41, 5.74) is -0.694. The minimum atomic E-state index is -4.53. The van der Waals surface area contributed by atoms with Crippen LogP contribution in [0.15, 0.2) is 48.7 Å². The number of aromatic nitrogens is 1. The molecule has 0 saturated carbocycles. The maximum atomic E-state index is 12.8. The van der Waals surface area contributed by atoms with Crippen LogP contribution in [0.4, 0.5) is 23.7 Å². The van der Waals surface area contributed by atoms with Gasteiger partial charge in [-0.15, -0.1) is 0 Å². The summed E-state index contributed by atoms with van der Waals surface area (Å²) in [5, 5.41) is 5.06. The molecule has 11 heteroatoms. The third kappa shape index (κ3) is 4.78. The number of halogens is 3. The van der Waals surface area contributed by atoms with Crippen LogP contribution in [0.3, 0.4) is 0 Å². The van der Waals surface area contributed by atoms with E-state index in [4.69, 9.17) is 14.2 Å². The summed E-state index contributed by atoms with van der Waals surface area (Å²) >= 11 is 0. The lowest BCUT2D eigenvalue weighted by Gasteiger charge is -2.18. The van der Waals surface area contributed by atoms with Gasteiger partial charge in [0.15, 0.2) is 6.10 Å². The Morgan fingerprint density at radius 3 is 2.61 bits per heavy atom. The standard InChI is InChI=1S/C20H18F3N3O5/c21-20(22,23)11-4-3-5-12(8-11)25-19(28)31-15-10-30-16-14(9-29-17(15)16)26-18(27)13-6-1-2-7-24-13/h1-8,14-17H,9-10H2,(H,25,28)(H,26,27). The fraction of sp³-hybridized carbons (Fsp3) is 0.350. The van der Waals surface area contributed by atoms with Crippen LogP contribution >= 0.6 is 0 Å². The third-order valence-electron chi connectivity index (χ3n) is 4.92. The number of alkyl halides is 3. The molecule has 4 unspecified atom stereocenters. The van der Waals surface area contributed by atoms with Crippen LogP contribution in [0.5, 0.6) is 0 Å². The zero-order valence-electron chi connectivity index (χ0n) is 16.0. The highest BCUT2D eigenvalue weighted by Crippen LogP contribution is 2.31. The first kappa shape index (κ1) is 21.1. The molecule has 31 heavy (non-hydrogen) atoms. The average Bonchev–Trinajstić information content (AvgIpc) is 3.32. The SMILES string of the molecule is O=C(Nc1cccc(C(F)(F)F)c1)OC1COC2C(NC(=O)c3ccccn3)COC12. The Morgan fingerprint density at radius 1 is 1.06 bits per heavy atom. The third-order valence-corrected chi connectivity index (χ3v) is 4.92. The van der Waals surface area contributed by atoms with Crippen LogP contribution in [0.25, 0.3) is 0 Å². The van der Waals surface area contributed by atoms with E-state index in [1.165, 1.54) is 18.3 Å². The van der Waals surface area contributed by atoms with Gasteiger partial charge in [-0.25, -0.2) is 4.79 Å². The van der Waals surface area contributed by atoms with Gasteiger partial charge in [0.2, 0.25) is 0 Å². The van der Waals surface area contributed by atoms with Crippen molar-refractivity contribution in [1.29, 1.82) is 0 Å². The topological polar surface area (TPSA) is 98.8 Å². The van der Waals surface area contributed by atoms with Crippen LogP contribution in [-0.2, 0) is 20.4 Å². The molecule has 0 spiro atoms. The van der Waals surface area contributed by atoms with E-state index in [-0.39, 0.29) is 30.5 Å². The van der Waals surface area contributed by atoms with E-state index in [1.54, 1.807) is 18.2 Å². The molecular formula is C20H18F3N3O5. The molecule has 2 aliphatic rings. The summed E-state index contributed by atoms with van der Waals surface area (Å²) in [4.78, 5) is 28.4. The van der Waals surface area contributed by atoms with Crippen molar-refractivity contribution in [1.82, 2.24) is 10.3 Å². The predicted octanol–water partition coefficient (Wildman–Crippen LogP) is 2.61. The number of nitrogens with one attached hydrogen (secondary N) is 2. The predicted molar refractivity (Wildman–Crippen MR) is 100 cm³/mol. The maximum Gasteiger partial charge on any atom is 0.416 e. The molecule has 3 heterocycles. The number of rotatable bonds is 4. The molecule has 2 aliphatic heterocycles. The Bertz CT molecular complexity index is 957. The zero-order chi connectivity index (χ0) is 22.0. The average molecular weight is 437 g/mol. The highest BCUT2D eigenvalue weighted by molar-refractivity contribution is 5.92. The highest BCUT2D eigenvalue weighted by Gasteiger charge is 2.50. The van der Waals surface area contributed by atoms with Crippen molar-refractivity contribution in [2.24, 2.45) is 0 Å². The van der Waals surface area contributed by atoms with Gasteiger partial charge in [0.1, 0.15) is 17.9 Å². The summed E-state index contributed by atoms with van der Waals surface area (Å²) in [6, 6.07) is 8.71. The number of anilines is 1. The Kier molecular flexibility index (Phi) is 5.79. The highest BCUT2D eigenvalue weighted by atomic mass is 19.4. The van der Waals surface area contributed by atoms with Gasteiger partial charge in [-0.2, -0.15) is 13.2 Å². The van der Waals surface area contributed by atoms with Crippen molar-refractivity contribution >= 4 is 17.7 Å². The first-order valence-electron chi connectivity index (χ1n) is 9.41. The molecule has 2 amide bonds. The molecule has 1 aromatic carbocycles. The number of ether oxygens (including phenoxy) is 3. The van der Waals surface area contributed by atoms with Crippen molar-refractivity contribution in [3.8, 4) is 0 Å². The maximum absolute atomic E-state index is 12.8. The minimum Gasteiger partial charge on any atom is -0.441 e. The van der Waals surface area contributed by atoms with Crippen LogP contribution in [-0.4, -0.2) is 54.6 Å². The zero-order valence-corrected chi connectivity index (χ0v) is 16.0. The van der Waals surface area contributed by atoms with E-state index < -0.39 is 42.2 Å². The van der Waals surface area contributed by atoms with Crippen molar-refractivity contribution < 1.29 is 37.0 Å². The number of fused-ring (bicyclic) bond motifs is 1. The van der Waals surface area contributed by atoms with E-state index in [0.717, 1.165) is 12.1 Å². The van der Waals surface area contributed by atoms with Gasteiger partial charge in [-0.1, -0.05) is 12.1 Å². The molecule has 2 saturated heterocycles. The van der Waals surface area contributed by atoms with Gasteiger partial charge < -0.3 is 19.5 Å².